The van der Waals surface area contributed by atoms with Gasteiger partial charge in [0.25, 0.3) is 5.91 Å². The highest BCUT2D eigenvalue weighted by Gasteiger charge is 2.19. The van der Waals surface area contributed by atoms with Crippen molar-refractivity contribution in [3.05, 3.63) is 35.4 Å². The van der Waals surface area contributed by atoms with Gasteiger partial charge < -0.3 is 15.0 Å². The fraction of sp³-hybridized carbons (Fsp3) is 0.308. The zero-order valence-corrected chi connectivity index (χ0v) is 11.6. The van der Waals surface area contributed by atoms with Crippen LogP contribution >= 0.6 is 0 Å². The van der Waals surface area contributed by atoms with Crippen molar-refractivity contribution in [2.75, 3.05) is 11.9 Å². The highest BCUT2D eigenvalue weighted by molar-refractivity contribution is 6.08. The summed E-state index contributed by atoms with van der Waals surface area (Å²) in [5.74, 6) is -0.796. The summed E-state index contributed by atoms with van der Waals surface area (Å²) in [4.78, 5) is 26.8. The quantitative estimate of drug-likeness (QED) is 0.828. The lowest BCUT2D eigenvalue weighted by atomic mass is 10.2. The molecule has 0 fully saturated rings. The monoisotopic (exact) mass is 276 g/mol. The molecule has 0 aliphatic carbocycles. The maximum atomic E-state index is 12.0. The first-order chi connectivity index (χ1) is 9.52. The summed E-state index contributed by atoms with van der Waals surface area (Å²) in [7, 11) is 1.72. The Balaban J connectivity index is 2.22. The third kappa shape index (κ3) is 2.71. The van der Waals surface area contributed by atoms with Gasteiger partial charge >= 0.3 is 5.97 Å². The number of carbonyl (C=O) groups is 2. The lowest BCUT2D eigenvalue weighted by Crippen LogP contribution is -2.14. The number of nitrogens with zero attached hydrogens (tertiary/aromatic N) is 2. The molecule has 106 valence electrons. The molecule has 7 heteroatoms. The van der Waals surface area contributed by atoms with Gasteiger partial charge in [0.05, 0.1) is 24.1 Å². The van der Waals surface area contributed by atoms with Gasteiger partial charge in [-0.05, 0) is 13.8 Å². The molecule has 2 aromatic rings. The van der Waals surface area contributed by atoms with Gasteiger partial charge in [-0.3, -0.25) is 9.48 Å². The molecule has 2 heterocycles. The van der Waals surface area contributed by atoms with Crippen LogP contribution in [-0.2, 0) is 11.8 Å². The Morgan fingerprint density at radius 3 is 2.85 bits per heavy atom. The number of carbonyl (C=O) groups excluding carboxylic acids is 2. The minimum absolute atomic E-state index is 0.277. The number of esters is 1. The molecule has 0 bridgehead atoms. The number of aromatic amines is 1. The third-order valence-electron chi connectivity index (χ3n) is 2.77. The molecule has 0 radical (unpaired) electrons. The van der Waals surface area contributed by atoms with E-state index in [0.29, 0.717) is 22.5 Å². The van der Waals surface area contributed by atoms with Crippen LogP contribution < -0.4 is 5.32 Å². The summed E-state index contributed by atoms with van der Waals surface area (Å²) in [6, 6.07) is 0. The van der Waals surface area contributed by atoms with E-state index in [0.717, 1.165) is 0 Å². The Hall–Kier alpha value is -2.57. The minimum atomic E-state index is -0.465. The first-order valence-electron chi connectivity index (χ1n) is 6.18. The molecule has 0 aromatic carbocycles. The summed E-state index contributed by atoms with van der Waals surface area (Å²) in [6.07, 6.45) is 4.62. The fourth-order valence-corrected chi connectivity index (χ4v) is 1.82. The van der Waals surface area contributed by atoms with Crippen molar-refractivity contribution in [1.29, 1.82) is 0 Å². The van der Waals surface area contributed by atoms with Gasteiger partial charge in [-0.2, -0.15) is 5.10 Å². The van der Waals surface area contributed by atoms with Crippen molar-refractivity contribution in [2.24, 2.45) is 7.05 Å². The van der Waals surface area contributed by atoms with Gasteiger partial charge in [-0.1, -0.05) is 0 Å². The first kappa shape index (κ1) is 13.9. The number of hydrogen-bond acceptors (Lipinski definition) is 4. The maximum Gasteiger partial charge on any atom is 0.342 e. The van der Waals surface area contributed by atoms with E-state index in [9.17, 15) is 9.59 Å². The van der Waals surface area contributed by atoms with Gasteiger partial charge in [-0.15, -0.1) is 0 Å². The second-order valence-electron chi connectivity index (χ2n) is 4.28. The lowest BCUT2D eigenvalue weighted by molar-refractivity contribution is 0.0527. The number of amides is 1. The van der Waals surface area contributed by atoms with E-state index in [1.54, 1.807) is 33.3 Å². The van der Waals surface area contributed by atoms with Crippen LogP contribution in [0.1, 0.15) is 33.3 Å². The Bertz CT molecular complexity index is 642. The molecule has 0 saturated heterocycles. The summed E-state index contributed by atoms with van der Waals surface area (Å²) in [5.41, 5.74) is 1.80. The van der Waals surface area contributed by atoms with Crippen molar-refractivity contribution >= 4 is 17.6 Å². The lowest BCUT2D eigenvalue weighted by Gasteiger charge is -2.06. The van der Waals surface area contributed by atoms with Crippen molar-refractivity contribution in [1.82, 2.24) is 14.8 Å². The van der Waals surface area contributed by atoms with Crippen LogP contribution in [0.5, 0.6) is 0 Å². The van der Waals surface area contributed by atoms with Crippen LogP contribution in [0.25, 0.3) is 0 Å². The summed E-state index contributed by atoms with van der Waals surface area (Å²) >= 11 is 0. The predicted octanol–water partition coefficient (Wildman–Crippen LogP) is 1.49. The number of rotatable bonds is 4. The van der Waals surface area contributed by atoms with Gasteiger partial charge in [-0.25, -0.2) is 4.79 Å². The molecule has 2 aromatic heterocycles. The molecule has 0 spiro atoms. The molecule has 20 heavy (non-hydrogen) atoms. The largest absolute Gasteiger partial charge is 0.462 e. The standard InChI is InChI=1S/C13H16N4O3/c1-4-20-13(19)11-8(2)14-6-10(11)16-12(18)9-5-15-17(3)7-9/h5-7,14H,4H2,1-3H3,(H,16,18). The summed E-state index contributed by atoms with van der Waals surface area (Å²) in [6.45, 7) is 3.75. The fourth-order valence-electron chi connectivity index (χ4n) is 1.82. The predicted molar refractivity (Wildman–Crippen MR) is 72.6 cm³/mol. The average Bonchev–Trinajstić information content (AvgIpc) is 2.96. The van der Waals surface area contributed by atoms with Crippen molar-refractivity contribution in [3.63, 3.8) is 0 Å². The second-order valence-corrected chi connectivity index (χ2v) is 4.28. The van der Waals surface area contributed by atoms with Crippen LogP contribution in [0.3, 0.4) is 0 Å². The van der Waals surface area contributed by atoms with Crippen molar-refractivity contribution in [2.45, 2.75) is 13.8 Å². The number of H-pyrrole nitrogens is 1. The highest BCUT2D eigenvalue weighted by Crippen LogP contribution is 2.21. The van der Waals surface area contributed by atoms with E-state index in [-0.39, 0.29) is 12.5 Å². The molecule has 0 aliphatic heterocycles. The minimum Gasteiger partial charge on any atom is -0.462 e. The van der Waals surface area contributed by atoms with Gasteiger partial charge in [0.2, 0.25) is 0 Å². The van der Waals surface area contributed by atoms with Crippen LogP contribution in [0.2, 0.25) is 0 Å². The number of aromatic nitrogens is 3. The van der Waals surface area contributed by atoms with Gasteiger partial charge in [0.1, 0.15) is 5.56 Å². The number of aryl methyl sites for hydroxylation is 2. The molecule has 2 N–H and O–H groups in total. The van der Waals surface area contributed by atoms with Gasteiger partial charge in [0, 0.05) is 25.1 Å². The average molecular weight is 276 g/mol. The summed E-state index contributed by atoms with van der Waals surface area (Å²) in [5, 5.41) is 6.60. The normalized spacial score (nSPS) is 10.3. The molecule has 2 rings (SSSR count). The SMILES string of the molecule is CCOC(=O)c1c(NC(=O)c2cnn(C)c2)c[nH]c1C. The van der Waals surface area contributed by atoms with Crippen LogP contribution in [0.4, 0.5) is 5.69 Å². The Labute approximate surface area is 115 Å². The molecule has 1 amide bonds. The Kier molecular flexibility index (Phi) is 3.88. The van der Waals surface area contributed by atoms with Crippen LogP contribution in [0, 0.1) is 6.92 Å². The van der Waals surface area contributed by atoms with E-state index in [4.69, 9.17) is 4.74 Å². The Morgan fingerprint density at radius 1 is 1.50 bits per heavy atom. The maximum absolute atomic E-state index is 12.0. The van der Waals surface area contributed by atoms with Crippen LogP contribution in [0.15, 0.2) is 18.6 Å². The topological polar surface area (TPSA) is 89.0 Å². The zero-order valence-electron chi connectivity index (χ0n) is 11.6. The van der Waals surface area contributed by atoms with Gasteiger partial charge in [0.15, 0.2) is 0 Å². The molecule has 0 saturated carbocycles. The van der Waals surface area contributed by atoms with E-state index < -0.39 is 5.97 Å². The van der Waals surface area contributed by atoms with Crippen molar-refractivity contribution in [3.8, 4) is 0 Å². The molecule has 0 aliphatic rings. The van der Waals surface area contributed by atoms with Crippen molar-refractivity contribution < 1.29 is 14.3 Å². The van der Waals surface area contributed by atoms with E-state index >= 15 is 0 Å². The summed E-state index contributed by atoms with van der Waals surface area (Å²) < 4.78 is 6.50. The second kappa shape index (κ2) is 5.60. The molecule has 0 unspecified atom stereocenters. The Morgan fingerprint density at radius 2 is 2.25 bits per heavy atom. The van der Waals surface area contributed by atoms with E-state index in [1.807, 2.05) is 0 Å². The van der Waals surface area contributed by atoms with Crippen LogP contribution in [-0.4, -0.2) is 33.2 Å². The number of hydrogen-bond donors (Lipinski definition) is 2. The zero-order chi connectivity index (χ0) is 14.7. The molecule has 7 nitrogen and oxygen atoms in total. The first-order valence-corrected chi connectivity index (χ1v) is 6.18. The van der Waals surface area contributed by atoms with E-state index in [2.05, 4.69) is 15.4 Å². The number of nitrogens with one attached hydrogen (secondary N) is 2. The molecular formula is C13H16N4O3. The number of ether oxygens (including phenoxy) is 1. The molecular weight excluding hydrogens is 260 g/mol. The number of anilines is 1. The smallest absolute Gasteiger partial charge is 0.342 e. The van der Waals surface area contributed by atoms with E-state index in [1.165, 1.54) is 10.9 Å². The highest BCUT2D eigenvalue weighted by atomic mass is 16.5. The molecule has 0 atom stereocenters. The third-order valence-corrected chi connectivity index (χ3v) is 2.77.